The van der Waals surface area contributed by atoms with Gasteiger partial charge in [0.15, 0.2) is 0 Å². The molecule has 27 heavy (non-hydrogen) atoms. The molecule has 0 aliphatic carbocycles. The standard InChI is InChI=1S/C20H30ClN3O2S/c1-11(2)8-24(9-12(3)4)17-15-14(7)16(19(25)26-10-13(5)6)27-18(15)23-20(21)22-17/h11-13H,8-10H2,1-7H3. The Labute approximate surface area is 171 Å². The zero-order chi connectivity index (χ0) is 20.3. The van der Waals surface area contributed by atoms with Crippen LogP contribution in [-0.4, -0.2) is 35.6 Å². The normalized spacial score (nSPS) is 11.8. The second-order valence-electron chi connectivity index (χ2n) is 8.24. The molecule has 0 amide bonds. The minimum Gasteiger partial charge on any atom is -0.461 e. The molecule has 0 fully saturated rings. The van der Waals surface area contributed by atoms with Crippen LogP contribution in [0.3, 0.4) is 0 Å². The van der Waals surface area contributed by atoms with Crippen molar-refractivity contribution in [3.8, 4) is 0 Å². The van der Waals surface area contributed by atoms with Gasteiger partial charge in [0, 0.05) is 13.1 Å². The fourth-order valence-electron chi connectivity index (χ4n) is 2.95. The van der Waals surface area contributed by atoms with Crippen LogP contribution >= 0.6 is 22.9 Å². The molecular weight excluding hydrogens is 382 g/mol. The van der Waals surface area contributed by atoms with E-state index in [4.69, 9.17) is 16.3 Å². The second-order valence-corrected chi connectivity index (χ2v) is 9.57. The Morgan fingerprint density at radius 2 is 1.67 bits per heavy atom. The first kappa shape index (κ1) is 21.9. The smallest absolute Gasteiger partial charge is 0.348 e. The van der Waals surface area contributed by atoms with Gasteiger partial charge in [0.2, 0.25) is 5.28 Å². The van der Waals surface area contributed by atoms with Crippen molar-refractivity contribution in [2.24, 2.45) is 17.8 Å². The van der Waals surface area contributed by atoms with E-state index in [1.54, 1.807) is 0 Å². The number of aryl methyl sites for hydroxylation is 1. The van der Waals surface area contributed by atoms with E-state index in [1.807, 2.05) is 20.8 Å². The number of anilines is 1. The Morgan fingerprint density at radius 3 is 2.19 bits per heavy atom. The van der Waals surface area contributed by atoms with Crippen LogP contribution in [0.25, 0.3) is 10.2 Å². The molecule has 0 saturated carbocycles. The maximum Gasteiger partial charge on any atom is 0.348 e. The average Bonchev–Trinajstić information content (AvgIpc) is 2.87. The van der Waals surface area contributed by atoms with Gasteiger partial charge in [-0.15, -0.1) is 11.3 Å². The van der Waals surface area contributed by atoms with E-state index in [0.29, 0.717) is 29.2 Å². The maximum absolute atomic E-state index is 12.6. The largest absolute Gasteiger partial charge is 0.461 e. The van der Waals surface area contributed by atoms with Crippen molar-refractivity contribution in [3.05, 3.63) is 15.7 Å². The summed E-state index contributed by atoms with van der Waals surface area (Å²) in [6.45, 7) is 16.8. The van der Waals surface area contributed by atoms with Crippen LogP contribution in [0.15, 0.2) is 0 Å². The fourth-order valence-corrected chi connectivity index (χ4v) is 4.24. The molecular formula is C20H30ClN3O2S. The number of esters is 1. The third-order valence-electron chi connectivity index (χ3n) is 3.95. The maximum atomic E-state index is 12.6. The zero-order valence-electron chi connectivity index (χ0n) is 17.3. The number of carbonyl (C=O) groups excluding carboxylic acids is 1. The molecule has 2 heterocycles. The molecule has 0 unspecified atom stereocenters. The Morgan fingerprint density at radius 1 is 1.07 bits per heavy atom. The Balaban J connectivity index is 2.54. The molecule has 0 atom stereocenters. The van der Waals surface area contributed by atoms with Crippen molar-refractivity contribution < 1.29 is 9.53 Å². The molecule has 7 heteroatoms. The Kier molecular flexibility index (Phi) is 7.46. The van der Waals surface area contributed by atoms with E-state index in [0.717, 1.165) is 34.7 Å². The number of rotatable bonds is 8. The van der Waals surface area contributed by atoms with Crippen molar-refractivity contribution in [1.82, 2.24) is 9.97 Å². The third kappa shape index (κ3) is 5.55. The van der Waals surface area contributed by atoms with Gasteiger partial charge in [0.05, 0.1) is 12.0 Å². The lowest BCUT2D eigenvalue weighted by atomic mass is 10.1. The molecule has 0 aromatic carbocycles. The molecule has 0 radical (unpaired) electrons. The summed E-state index contributed by atoms with van der Waals surface area (Å²) in [5.74, 6) is 1.75. The molecule has 0 spiro atoms. The first-order chi connectivity index (χ1) is 12.6. The third-order valence-corrected chi connectivity index (χ3v) is 5.28. The summed E-state index contributed by atoms with van der Waals surface area (Å²) in [5, 5.41) is 1.11. The van der Waals surface area contributed by atoms with E-state index < -0.39 is 0 Å². The summed E-state index contributed by atoms with van der Waals surface area (Å²) in [4.78, 5) is 25.1. The summed E-state index contributed by atoms with van der Waals surface area (Å²) < 4.78 is 5.44. The second kappa shape index (κ2) is 9.20. The number of hydrogen-bond acceptors (Lipinski definition) is 6. The number of nitrogens with zero attached hydrogens (tertiary/aromatic N) is 3. The Hall–Kier alpha value is -1.40. The predicted octanol–water partition coefficient (Wildman–Crippen LogP) is 5.58. The van der Waals surface area contributed by atoms with Gasteiger partial charge < -0.3 is 9.64 Å². The number of fused-ring (bicyclic) bond motifs is 1. The molecule has 2 aromatic rings. The monoisotopic (exact) mass is 411 g/mol. The minimum absolute atomic E-state index is 0.207. The molecule has 2 rings (SSSR count). The summed E-state index contributed by atoms with van der Waals surface area (Å²) >= 11 is 7.56. The number of carbonyl (C=O) groups is 1. The summed E-state index contributed by atoms with van der Waals surface area (Å²) in [6.07, 6.45) is 0. The van der Waals surface area contributed by atoms with Crippen molar-refractivity contribution in [2.75, 3.05) is 24.6 Å². The predicted molar refractivity (Wildman–Crippen MR) is 114 cm³/mol. The van der Waals surface area contributed by atoms with E-state index in [1.165, 1.54) is 11.3 Å². The first-order valence-electron chi connectivity index (χ1n) is 9.48. The van der Waals surface area contributed by atoms with Gasteiger partial charge in [0.1, 0.15) is 15.5 Å². The van der Waals surface area contributed by atoms with Crippen LogP contribution in [0.4, 0.5) is 5.82 Å². The van der Waals surface area contributed by atoms with Crippen LogP contribution in [0.2, 0.25) is 5.28 Å². The van der Waals surface area contributed by atoms with Gasteiger partial charge >= 0.3 is 5.97 Å². The zero-order valence-corrected chi connectivity index (χ0v) is 18.9. The lowest BCUT2D eigenvalue weighted by Gasteiger charge is -2.28. The lowest BCUT2D eigenvalue weighted by Crippen LogP contribution is -2.32. The van der Waals surface area contributed by atoms with E-state index in [9.17, 15) is 4.79 Å². The Bertz CT molecular complexity index is 792. The van der Waals surface area contributed by atoms with Gasteiger partial charge in [-0.05, 0) is 41.8 Å². The van der Waals surface area contributed by atoms with Crippen molar-refractivity contribution in [3.63, 3.8) is 0 Å². The average molecular weight is 412 g/mol. The van der Waals surface area contributed by atoms with Crippen LogP contribution < -0.4 is 4.90 Å². The summed E-state index contributed by atoms with van der Waals surface area (Å²) in [7, 11) is 0. The highest BCUT2D eigenvalue weighted by atomic mass is 35.5. The molecule has 2 aromatic heterocycles. The minimum atomic E-state index is -0.300. The number of ether oxygens (including phenoxy) is 1. The molecule has 0 aliphatic rings. The molecule has 0 aliphatic heterocycles. The van der Waals surface area contributed by atoms with Crippen LogP contribution in [0.1, 0.15) is 56.8 Å². The van der Waals surface area contributed by atoms with E-state index >= 15 is 0 Å². The van der Waals surface area contributed by atoms with Gasteiger partial charge in [0.25, 0.3) is 0 Å². The number of halogens is 1. The van der Waals surface area contributed by atoms with Gasteiger partial charge in [-0.2, -0.15) is 4.98 Å². The van der Waals surface area contributed by atoms with E-state index in [2.05, 4.69) is 42.6 Å². The number of aromatic nitrogens is 2. The highest BCUT2D eigenvalue weighted by Gasteiger charge is 2.24. The highest BCUT2D eigenvalue weighted by molar-refractivity contribution is 7.20. The van der Waals surface area contributed by atoms with E-state index in [-0.39, 0.29) is 11.3 Å². The topological polar surface area (TPSA) is 55.3 Å². The highest BCUT2D eigenvalue weighted by Crippen LogP contribution is 2.37. The van der Waals surface area contributed by atoms with Crippen LogP contribution in [-0.2, 0) is 4.74 Å². The van der Waals surface area contributed by atoms with Crippen LogP contribution in [0.5, 0.6) is 0 Å². The lowest BCUT2D eigenvalue weighted by molar-refractivity contribution is 0.0464. The fraction of sp³-hybridized carbons (Fsp3) is 0.650. The summed E-state index contributed by atoms with van der Waals surface area (Å²) in [5.41, 5.74) is 0.868. The quantitative estimate of drug-likeness (QED) is 0.419. The molecule has 150 valence electrons. The number of hydrogen-bond donors (Lipinski definition) is 0. The van der Waals surface area contributed by atoms with Crippen LogP contribution in [0, 0.1) is 24.7 Å². The first-order valence-corrected chi connectivity index (χ1v) is 10.7. The SMILES string of the molecule is Cc1c(C(=O)OCC(C)C)sc2nc(Cl)nc(N(CC(C)C)CC(C)C)c12. The van der Waals surface area contributed by atoms with Crippen molar-refractivity contribution >= 4 is 44.9 Å². The number of thiophene rings is 1. The molecule has 0 bridgehead atoms. The van der Waals surface area contributed by atoms with Gasteiger partial charge in [-0.3, -0.25) is 0 Å². The molecule has 0 N–H and O–H groups in total. The summed E-state index contributed by atoms with van der Waals surface area (Å²) in [6, 6.07) is 0. The van der Waals surface area contributed by atoms with Crippen molar-refractivity contribution in [2.45, 2.75) is 48.5 Å². The molecule has 0 saturated heterocycles. The van der Waals surface area contributed by atoms with Gasteiger partial charge in [-0.25, -0.2) is 9.78 Å². The molecule has 5 nitrogen and oxygen atoms in total. The van der Waals surface area contributed by atoms with Crippen molar-refractivity contribution in [1.29, 1.82) is 0 Å². The van der Waals surface area contributed by atoms with Gasteiger partial charge in [-0.1, -0.05) is 41.5 Å².